The van der Waals surface area contributed by atoms with E-state index in [1.165, 1.54) is 5.56 Å². The lowest BCUT2D eigenvalue weighted by atomic mass is 10.1. The standard InChI is InChI=1S/C12H15Cl2N/c1-10(7-13)9-15-12(8-14)11-5-3-2-4-6-11/h2-7,12,15H,8-9H2,1H3/b10-7-. The Kier molecular flexibility index (Phi) is 5.77. The third kappa shape index (κ3) is 4.25. The summed E-state index contributed by atoms with van der Waals surface area (Å²) in [4.78, 5) is 0. The molecule has 1 rings (SSSR count). The van der Waals surface area contributed by atoms with Gasteiger partial charge in [0.05, 0.1) is 0 Å². The van der Waals surface area contributed by atoms with Crippen molar-refractivity contribution in [3.63, 3.8) is 0 Å². The van der Waals surface area contributed by atoms with Gasteiger partial charge in [0.15, 0.2) is 0 Å². The molecule has 1 aromatic rings. The van der Waals surface area contributed by atoms with Crippen LogP contribution in [0.4, 0.5) is 0 Å². The summed E-state index contributed by atoms with van der Waals surface area (Å²) in [5.74, 6) is 0.555. The van der Waals surface area contributed by atoms with E-state index < -0.39 is 0 Å². The van der Waals surface area contributed by atoms with Gasteiger partial charge in [-0.15, -0.1) is 11.6 Å². The number of benzene rings is 1. The first kappa shape index (κ1) is 12.6. The van der Waals surface area contributed by atoms with Crippen LogP contribution in [0.15, 0.2) is 41.4 Å². The van der Waals surface area contributed by atoms with Crippen molar-refractivity contribution in [2.45, 2.75) is 13.0 Å². The van der Waals surface area contributed by atoms with Crippen LogP contribution < -0.4 is 5.32 Å². The largest absolute Gasteiger partial charge is 0.305 e. The molecule has 15 heavy (non-hydrogen) atoms. The molecular formula is C12H15Cl2N. The molecule has 0 aliphatic rings. The first-order chi connectivity index (χ1) is 7.27. The van der Waals surface area contributed by atoms with E-state index in [0.29, 0.717) is 5.88 Å². The Bertz CT molecular complexity index is 309. The van der Waals surface area contributed by atoms with Crippen LogP contribution in [-0.4, -0.2) is 12.4 Å². The van der Waals surface area contributed by atoms with E-state index in [9.17, 15) is 0 Å². The molecule has 0 spiro atoms. The minimum Gasteiger partial charge on any atom is -0.305 e. The van der Waals surface area contributed by atoms with Crippen molar-refractivity contribution in [2.24, 2.45) is 0 Å². The van der Waals surface area contributed by atoms with Gasteiger partial charge >= 0.3 is 0 Å². The van der Waals surface area contributed by atoms with E-state index in [4.69, 9.17) is 23.2 Å². The molecule has 1 nitrogen and oxygen atoms in total. The molecule has 1 atom stereocenters. The van der Waals surface area contributed by atoms with Crippen LogP contribution in [0.5, 0.6) is 0 Å². The van der Waals surface area contributed by atoms with Crippen molar-refractivity contribution in [1.82, 2.24) is 5.32 Å². The Balaban J connectivity index is 2.57. The second-order valence-corrected chi connectivity index (χ2v) is 3.98. The quantitative estimate of drug-likeness (QED) is 0.779. The first-order valence-electron chi connectivity index (χ1n) is 4.88. The molecule has 0 saturated carbocycles. The predicted octanol–water partition coefficient (Wildman–Crippen LogP) is 3.70. The number of hydrogen-bond donors (Lipinski definition) is 1. The molecule has 0 aliphatic carbocycles. The predicted molar refractivity (Wildman–Crippen MR) is 67.5 cm³/mol. The molecule has 0 bridgehead atoms. The number of hydrogen-bond acceptors (Lipinski definition) is 1. The van der Waals surface area contributed by atoms with Crippen molar-refractivity contribution in [2.75, 3.05) is 12.4 Å². The number of halogens is 2. The highest BCUT2D eigenvalue weighted by atomic mass is 35.5. The molecule has 0 amide bonds. The van der Waals surface area contributed by atoms with Gasteiger partial charge < -0.3 is 5.32 Å². The molecule has 0 aliphatic heterocycles. The van der Waals surface area contributed by atoms with Crippen LogP contribution in [0.25, 0.3) is 0 Å². The highest BCUT2D eigenvalue weighted by Gasteiger charge is 2.08. The van der Waals surface area contributed by atoms with Gasteiger partial charge in [-0.1, -0.05) is 41.9 Å². The smallest absolute Gasteiger partial charge is 0.0459 e. The number of rotatable bonds is 5. The van der Waals surface area contributed by atoms with Gasteiger partial charge in [0.1, 0.15) is 0 Å². The van der Waals surface area contributed by atoms with Crippen molar-refractivity contribution < 1.29 is 0 Å². The van der Waals surface area contributed by atoms with Gasteiger partial charge in [0.2, 0.25) is 0 Å². The lowest BCUT2D eigenvalue weighted by Crippen LogP contribution is -2.24. The van der Waals surface area contributed by atoms with Gasteiger partial charge in [0, 0.05) is 24.0 Å². The van der Waals surface area contributed by atoms with Crippen LogP contribution in [0, 0.1) is 0 Å². The van der Waals surface area contributed by atoms with Crippen LogP contribution in [0.2, 0.25) is 0 Å². The van der Waals surface area contributed by atoms with Crippen molar-refractivity contribution in [3.05, 3.63) is 47.0 Å². The summed E-state index contributed by atoms with van der Waals surface area (Å²) < 4.78 is 0. The molecule has 0 aromatic heterocycles. The van der Waals surface area contributed by atoms with Gasteiger partial charge in [-0.05, 0) is 18.1 Å². The first-order valence-corrected chi connectivity index (χ1v) is 5.85. The third-order valence-corrected chi connectivity index (χ3v) is 2.85. The molecule has 3 heteroatoms. The number of nitrogens with one attached hydrogen (secondary N) is 1. The minimum absolute atomic E-state index is 0.180. The Hall–Kier alpha value is -0.500. The lowest BCUT2D eigenvalue weighted by molar-refractivity contribution is 0.612. The normalized spacial score (nSPS) is 13.9. The van der Waals surface area contributed by atoms with E-state index in [1.54, 1.807) is 5.54 Å². The summed E-state index contributed by atoms with van der Waals surface area (Å²) in [5, 5.41) is 3.35. The zero-order chi connectivity index (χ0) is 11.1. The number of alkyl halides is 1. The fourth-order valence-corrected chi connectivity index (χ4v) is 1.63. The Morgan fingerprint density at radius 1 is 1.40 bits per heavy atom. The second kappa shape index (κ2) is 6.89. The molecule has 82 valence electrons. The van der Waals surface area contributed by atoms with Gasteiger partial charge in [0.25, 0.3) is 0 Å². The topological polar surface area (TPSA) is 12.0 Å². The Morgan fingerprint density at radius 2 is 2.07 bits per heavy atom. The Morgan fingerprint density at radius 3 is 2.60 bits per heavy atom. The molecule has 0 radical (unpaired) electrons. The van der Waals surface area contributed by atoms with Gasteiger partial charge in [-0.25, -0.2) is 0 Å². The summed E-state index contributed by atoms with van der Waals surface area (Å²) in [6, 6.07) is 10.3. The van der Waals surface area contributed by atoms with E-state index in [1.807, 2.05) is 25.1 Å². The Labute approximate surface area is 101 Å². The van der Waals surface area contributed by atoms with Crippen LogP contribution in [-0.2, 0) is 0 Å². The zero-order valence-corrected chi connectivity index (χ0v) is 10.2. The summed E-state index contributed by atoms with van der Waals surface area (Å²) >= 11 is 11.5. The van der Waals surface area contributed by atoms with Crippen LogP contribution in [0.3, 0.4) is 0 Å². The fraction of sp³-hybridized carbons (Fsp3) is 0.333. The van der Waals surface area contributed by atoms with Gasteiger partial charge in [-0.3, -0.25) is 0 Å². The maximum Gasteiger partial charge on any atom is 0.0459 e. The summed E-state index contributed by atoms with van der Waals surface area (Å²) in [6.45, 7) is 2.74. The molecule has 1 unspecified atom stereocenters. The highest BCUT2D eigenvalue weighted by Crippen LogP contribution is 2.14. The SMILES string of the molecule is C/C(=C/Cl)CNC(CCl)c1ccccc1. The van der Waals surface area contributed by atoms with Crippen molar-refractivity contribution in [1.29, 1.82) is 0 Å². The van der Waals surface area contributed by atoms with Crippen LogP contribution in [0.1, 0.15) is 18.5 Å². The lowest BCUT2D eigenvalue weighted by Gasteiger charge is -2.16. The summed E-state index contributed by atoms with van der Waals surface area (Å²) in [7, 11) is 0. The molecular weight excluding hydrogens is 229 g/mol. The summed E-state index contributed by atoms with van der Waals surface area (Å²) in [6.07, 6.45) is 0. The molecule has 1 aromatic carbocycles. The maximum absolute atomic E-state index is 5.91. The van der Waals surface area contributed by atoms with E-state index in [2.05, 4.69) is 17.4 Å². The zero-order valence-electron chi connectivity index (χ0n) is 8.71. The average molecular weight is 244 g/mol. The molecule has 0 saturated heterocycles. The summed E-state index contributed by atoms with van der Waals surface area (Å²) in [5.41, 5.74) is 3.89. The van der Waals surface area contributed by atoms with Gasteiger partial charge in [-0.2, -0.15) is 0 Å². The second-order valence-electron chi connectivity index (χ2n) is 3.45. The monoisotopic (exact) mass is 243 g/mol. The molecule has 0 fully saturated rings. The highest BCUT2D eigenvalue weighted by molar-refractivity contribution is 6.25. The van der Waals surface area contributed by atoms with Crippen molar-refractivity contribution in [3.8, 4) is 0 Å². The van der Waals surface area contributed by atoms with Crippen molar-refractivity contribution >= 4 is 23.2 Å². The van der Waals surface area contributed by atoms with Crippen LogP contribution >= 0.6 is 23.2 Å². The fourth-order valence-electron chi connectivity index (χ4n) is 1.27. The molecule has 0 heterocycles. The van der Waals surface area contributed by atoms with E-state index in [-0.39, 0.29) is 6.04 Å². The van der Waals surface area contributed by atoms with E-state index >= 15 is 0 Å². The third-order valence-electron chi connectivity index (χ3n) is 2.17. The maximum atomic E-state index is 5.91. The van der Waals surface area contributed by atoms with E-state index in [0.717, 1.165) is 12.1 Å². The minimum atomic E-state index is 0.180. The average Bonchev–Trinajstić information content (AvgIpc) is 2.31. The molecule has 1 N–H and O–H groups in total.